The van der Waals surface area contributed by atoms with Crippen molar-refractivity contribution in [2.45, 2.75) is 12.6 Å². The van der Waals surface area contributed by atoms with Crippen LogP contribution in [0.1, 0.15) is 11.1 Å². The first-order valence-corrected chi connectivity index (χ1v) is 4.11. The molecule has 0 bridgehead atoms. The van der Waals surface area contributed by atoms with Gasteiger partial charge in [0.1, 0.15) is 5.75 Å². The molecule has 0 fully saturated rings. The van der Waals surface area contributed by atoms with Crippen molar-refractivity contribution in [3.63, 3.8) is 0 Å². The Kier molecular flexibility index (Phi) is 1.89. The number of hydrogen-bond donors (Lipinski definition) is 2. The van der Waals surface area contributed by atoms with Crippen molar-refractivity contribution in [3.8, 4) is 5.75 Å². The van der Waals surface area contributed by atoms with E-state index in [1.54, 1.807) is 0 Å². The van der Waals surface area contributed by atoms with Gasteiger partial charge in [-0.1, -0.05) is 0 Å². The second kappa shape index (κ2) is 2.88. The average molecular weight is 217 g/mol. The molecule has 0 aromatic heterocycles. The zero-order valence-electron chi connectivity index (χ0n) is 7.35. The van der Waals surface area contributed by atoms with Gasteiger partial charge < -0.3 is 10.4 Å². The summed E-state index contributed by atoms with van der Waals surface area (Å²) in [6.45, 7) is 0. The lowest BCUT2D eigenvalue weighted by Crippen LogP contribution is -2.06. The molecule has 1 heterocycles. The van der Waals surface area contributed by atoms with Crippen LogP contribution in [0.15, 0.2) is 12.1 Å². The van der Waals surface area contributed by atoms with Crippen LogP contribution in [0.3, 0.4) is 0 Å². The number of anilines is 1. The van der Waals surface area contributed by atoms with E-state index in [-0.39, 0.29) is 18.0 Å². The van der Waals surface area contributed by atoms with Gasteiger partial charge in [0.25, 0.3) is 0 Å². The molecule has 1 aromatic rings. The second-order valence-electron chi connectivity index (χ2n) is 3.25. The molecule has 0 unspecified atom stereocenters. The highest BCUT2D eigenvalue weighted by atomic mass is 19.4. The monoisotopic (exact) mass is 217 g/mol. The first-order chi connectivity index (χ1) is 6.88. The van der Waals surface area contributed by atoms with Gasteiger partial charge in [0.15, 0.2) is 0 Å². The fourth-order valence-electron chi connectivity index (χ4n) is 1.49. The molecule has 1 aliphatic rings. The number of carbonyl (C=O) groups is 1. The van der Waals surface area contributed by atoms with Crippen LogP contribution in [0.5, 0.6) is 5.75 Å². The lowest BCUT2D eigenvalue weighted by molar-refractivity contribution is -0.138. The van der Waals surface area contributed by atoms with Crippen LogP contribution in [-0.2, 0) is 17.4 Å². The van der Waals surface area contributed by atoms with E-state index >= 15 is 0 Å². The molecular formula is C9H6F3NO2. The van der Waals surface area contributed by atoms with E-state index in [9.17, 15) is 18.0 Å². The summed E-state index contributed by atoms with van der Waals surface area (Å²) in [6.07, 6.45) is -4.62. The zero-order valence-corrected chi connectivity index (χ0v) is 7.35. The van der Waals surface area contributed by atoms with Crippen molar-refractivity contribution in [1.82, 2.24) is 0 Å². The maximum absolute atomic E-state index is 12.3. The maximum atomic E-state index is 12.3. The fourth-order valence-corrected chi connectivity index (χ4v) is 1.49. The molecule has 0 radical (unpaired) electrons. The second-order valence-corrected chi connectivity index (χ2v) is 3.25. The first-order valence-electron chi connectivity index (χ1n) is 4.11. The van der Waals surface area contributed by atoms with Crippen molar-refractivity contribution in [1.29, 1.82) is 0 Å². The Balaban J connectivity index is 2.54. The van der Waals surface area contributed by atoms with Crippen LogP contribution >= 0.6 is 0 Å². The van der Waals surface area contributed by atoms with E-state index in [0.717, 1.165) is 12.1 Å². The van der Waals surface area contributed by atoms with E-state index in [0.29, 0.717) is 5.56 Å². The number of rotatable bonds is 0. The largest absolute Gasteiger partial charge is 0.507 e. The van der Waals surface area contributed by atoms with Crippen molar-refractivity contribution in [2.24, 2.45) is 0 Å². The summed E-state index contributed by atoms with van der Waals surface area (Å²) in [4.78, 5) is 10.9. The number of amides is 1. The van der Waals surface area contributed by atoms with E-state index < -0.39 is 17.5 Å². The molecule has 6 heteroatoms. The smallest absolute Gasteiger partial charge is 0.420 e. The standard InChI is InChI=1S/C9H6F3NO2/c10-9(11,12)5-3-6-4(1-7(5)14)2-8(15)13-6/h1,3,14H,2H2,(H,13,15). The average Bonchev–Trinajstić information content (AvgIpc) is 2.40. The normalized spacial score (nSPS) is 15.0. The highest BCUT2D eigenvalue weighted by Crippen LogP contribution is 2.40. The van der Waals surface area contributed by atoms with Crippen LogP contribution in [0.2, 0.25) is 0 Å². The first kappa shape index (κ1) is 9.82. The number of carbonyl (C=O) groups excluding carboxylic acids is 1. The quantitative estimate of drug-likeness (QED) is 0.652. The summed E-state index contributed by atoms with van der Waals surface area (Å²) in [5.74, 6) is -1.22. The molecule has 1 amide bonds. The highest BCUT2D eigenvalue weighted by Gasteiger charge is 2.35. The van der Waals surface area contributed by atoms with E-state index in [1.165, 1.54) is 0 Å². The third-order valence-electron chi connectivity index (χ3n) is 2.15. The third kappa shape index (κ3) is 1.62. The minimum atomic E-state index is -4.62. The van der Waals surface area contributed by atoms with E-state index in [4.69, 9.17) is 5.11 Å². The summed E-state index contributed by atoms with van der Waals surface area (Å²) in [7, 11) is 0. The maximum Gasteiger partial charge on any atom is 0.420 e. The number of phenolic OH excluding ortho intramolecular Hbond substituents is 1. The van der Waals surface area contributed by atoms with Crippen molar-refractivity contribution < 1.29 is 23.1 Å². The highest BCUT2D eigenvalue weighted by molar-refractivity contribution is 5.99. The number of halogens is 3. The zero-order chi connectivity index (χ0) is 11.2. The van der Waals surface area contributed by atoms with Crippen LogP contribution in [-0.4, -0.2) is 11.0 Å². The SMILES string of the molecule is O=C1Cc2cc(O)c(C(F)(F)F)cc2N1. The summed E-state index contributed by atoms with van der Waals surface area (Å²) < 4.78 is 37.0. The minimum Gasteiger partial charge on any atom is -0.507 e. The molecule has 0 saturated carbocycles. The Labute approximate surface area is 82.5 Å². The van der Waals surface area contributed by atoms with Crippen molar-refractivity contribution >= 4 is 11.6 Å². The van der Waals surface area contributed by atoms with Crippen LogP contribution < -0.4 is 5.32 Å². The molecule has 2 N–H and O–H groups in total. The van der Waals surface area contributed by atoms with Gasteiger partial charge in [0, 0.05) is 5.69 Å². The van der Waals surface area contributed by atoms with E-state index in [1.807, 2.05) is 0 Å². The fraction of sp³-hybridized carbons (Fsp3) is 0.222. The lowest BCUT2D eigenvalue weighted by atomic mass is 10.1. The summed E-state index contributed by atoms with van der Waals surface area (Å²) in [6, 6.07) is 1.71. The van der Waals surface area contributed by atoms with Gasteiger partial charge in [0.05, 0.1) is 12.0 Å². The molecule has 1 aliphatic heterocycles. The summed E-state index contributed by atoms with van der Waals surface area (Å²) >= 11 is 0. The van der Waals surface area contributed by atoms with E-state index in [2.05, 4.69) is 5.32 Å². The molecule has 3 nitrogen and oxygen atoms in total. The van der Waals surface area contributed by atoms with Gasteiger partial charge in [-0.25, -0.2) is 0 Å². The number of nitrogens with one attached hydrogen (secondary N) is 1. The Morgan fingerprint density at radius 3 is 2.60 bits per heavy atom. The van der Waals surface area contributed by atoms with Gasteiger partial charge in [0.2, 0.25) is 5.91 Å². The molecule has 0 saturated heterocycles. The Morgan fingerprint density at radius 2 is 2.00 bits per heavy atom. The molecular weight excluding hydrogens is 211 g/mol. The molecule has 0 atom stereocenters. The molecule has 1 aromatic carbocycles. The Bertz CT molecular complexity index is 440. The number of phenols is 1. The van der Waals surface area contributed by atoms with Gasteiger partial charge in [-0.3, -0.25) is 4.79 Å². The number of hydrogen-bond acceptors (Lipinski definition) is 2. The van der Waals surface area contributed by atoms with Crippen LogP contribution in [0.25, 0.3) is 0 Å². The van der Waals surface area contributed by atoms with Gasteiger partial charge in [-0.15, -0.1) is 0 Å². The summed E-state index contributed by atoms with van der Waals surface area (Å²) in [5.41, 5.74) is -0.640. The third-order valence-corrected chi connectivity index (χ3v) is 2.15. The van der Waals surface area contributed by atoms with Gasteiger partial charge in [-0.05, 0) is 17.7 Å². The Hall–Kier alpha value is -1.72. The Morgan fingerprint density at radius 1 is 1.33 bits per heavy atom. The predicted molar refractivity (Wildman–Crippen MR) is 45.4 cm³/mol. The number of fused-ring (bicyclic) bond motifs is 1. The number of benzene rings is 1. The van der Waals surface area contributed by atoms with Gasteiger partial charge >= 0.3 is 6.18 Å². The molecule has 80 valence electrons. The van der Waals surface area contributed by atoms with Gasteiger partial charge in [-0.2, -0.15) is 13.2 Å². The molecule has 15 heavy (non-hydrogen) atoms. The molecule has 2 rings (SSSR count). The molecule has 0 aliphatic carbocycles. The number of aromatic hydroxyl groups is 1. The van der Waals surface area contributed by atoms with Crippen LogP contribution in [0.4, 0.5) is 18.9 Å². The predicted octanol–water partition coefficient (Wildman–Crippen LogP) is 1.91. The summed E-state index contributed by atoms with van der Waals surface area (Å²) in [5, 5.41) is 11.4. The number of alkyl halides is 3. The van der Waals surface area contributed by atoms with Crippen molar-refractivity contribution in [3.05, 3.63) is 23.3 Å². The topological polar surface area (TPSA) is 49.3 Å². The minimum absolute atomic E-state index is 0.00102. The molecule has 0 spiro atoms. The lowest BCUT2D eigenvalue weighted by Gasteiger charge is -2.10. The van der Waals surface area contributed by atoms with Crippen molar-refractivity contribution in [2.75, 3.05) is 5.32 Å². The van der Waals surface area contributed by atoms with Crippen LogP contribution in [0, 0.1) is 0 Å².